The topological polar surface area (TPSA) is 92.9 Å². The molecule has 1 amide bonds. The first kappa shape index (κ1) is 15.2. The molecule has 1 aliphatic rings. The highest BCUT2D eigenvalue weighted by Crippen LogP contribution is 2.30. The summed E-state index contributed by atoms with van der Waals surface area (Å²) in [4.78, 5) is 24.6. The fourth-order valence-electron chi connectivity index (χ4n) is 2.46. The Hall–Kier alpha value is -2.15. The van der Waals surface area contributed by atoms with Crippen LogP contribution in [0.1, 0.15) is 30.1 Å². The molecule has 0 aliphatic carbocycles. The zero-order valence-electron chi connectivity index (χ0n) is 11.8. The number of likely N-dealkylation sites (tertiary alicyclic amines) is 1. The van der Waals surface area contributed by atoms with Gasteiger partial charge in [-0.25, -0.2) is 0 Å². The van der Waals surface area contributed by atoms with E-state index in [1.165, 1.54) is 17.0 Å². The molecule has 7 nitrogen and oxygen atoms in total. The summed E-state index contributed by atoms with van der Waals surface area (Å²) in [6.45, 7) is 2.73. The lowest BCUT2D eigenvalue weighted by atomic mass is 10.1. The van der Waals surface area contributed by atoms with E-state index in [9.17, 15) is 20.0 Å². The maximum atomic E-state index is 12.6. The smallest absolute Gasteiger partial charge is 0.285 e. The number of nitro groups is 1. The van der Waals surface area contributed by atoms with E-state index < -0.39 is 16.9 Å². The summed E-state index contributed by atoms with van der Waals surface area (Å²) in [6, 6.07) is 4.32. The quantitative estimate of drug-likeness (QED) is 0.672. The van der Waals surface area contributed by atoms with E-state index >= 15 is 0 Å². The summed E-state index contributed by atoms with van der Waals surface area (Å²) in [5.74, 6) is -0.263. The first-order valence-corrected chi connectivity index (χ1v) is 6.92. The second-order valence-corrected chi connectivity index (χ2v) is 4.89. The number of ether oxygens (including phenoxy) is 1. The van der Waals surface area contributed by atoms with Gasteiger partial charge in [0.15, 0.2) is 5.56 Å². The van der Waals surface area contributed by atoms with E-state index in [-0.39, 0.29) is 23.5 Å². The van der Waals surface area contributed by atoms with Gasteiger partial charge in [-0.2, -0.15) is 0 Å². The third kappa shape index (κ3) is 3.30. The Labute approximate surface area is 122 Å². The number of aliphatic hydroxyl groups excluding tert-OH is 1. The fraction of sp³-hybridized carbons (Fsp3) is 0.500. The maximum Gasteiger partial charge on any atom is 0.285 e. The highest BCUT2D eigenvalue weighted by Gasteiger charge is 2.31. The van der Waals surface area contributed by atoms with Crippen molar-refractivity contribution in [2.45, 2.75) is 25.9 Å². The van der Waals surface area contributed by atoms with Crippen molar-refractivity contribution in [1.82, 2.24) is 4.90 Å². The number of carbonyl (C=O) groups is 1. The van der Waals surface area contributed by atoms with Gasteiger partial charge in [0, 0.05) is 19.2 Å². The van der Waals surface area contributed by atoms with Crippen molar-refractivity contribution >= 4 is 11.6 Å². The number of benzene rings is 1. The number of piperidine rings is 1. The second kappa shape index (κ2) is 6.53. The maximum absolute atomic E-state index is 12.6. The molecule has 114 valence electrons. The normalized spacial score (nSPS) is 18.4. The lowest BCUT2D eigenvalue weighted by molar-refractivity contribution is -0.385. The number of amides is 1. The van der Waals surface area contributed by atoms with E-state index in [0.717, 1.165) is 0 Å². The Morgan fingerprint density at radius 3 is 2.95 bits per heavy atom. The summed E-state index contributed by atoms with van der Waals surface area (Å²) >= 11 is 0. The van der Waals surface area contributed by atoms with E-state index in [0.29, 0.717) is 26.0 Å². The molecule has 0 aromatic heterocycles. The highest BCUT2D eigenvalue weighted by atomic mass is 16.6. The van der Waals surface area contributed by atoms with E-state index in [4.69, 9.17) is 4.74 Å². The Kier molecular flexibility index (Phi) is 4.74. The second-order valence-electron chi connectivity index (χ2n) is 4.89. The molecule has 1 heterocycles. The third-order valence-corrected chi connectivity index (χ3v) is 3.40. The Morgan fingerprint density at radius 1 is 1.57 bits per heavy atom. The summed E-state index contributed by atoms with van der Waals surface area (Å²) < 4.78 is 5.35. The van der Waals surface area contributed by atoms with Crippen LogP contribution in [0.2, 0.25) is 0 Å². The molecule has 0 unspecified atom stereocenters. The molecule has 1 aromatic rings. The molecule has 0 radical (unpaired) electrons. The summed E-state index contributed by atoms with van der Waals surface area (Å²) in [7, 11) is 0. The van der Waals surface area contributed by atoms with Crippen LogP contribution in [0.25, 0.3) is 0 Å². The fourth-order valence-corrected chi connectivity index (χ4v) is 2.46. The van der Waals surface area contributed by atoms with Crippen LogP contribution in [0.4, 0.5) is 5.69 Å². The molecule has 1 N–H and O–H groups in total. The first-order chi connectivity index (χ1) is 10.0. The molecule has 1 atom stereocenters. The first-order valence-electron chi connectivity index (χ1n) is 6.92. The van der Waals surface area contributed by atoms with Gasteiger partial charge in [0.05, 0.1) is 17.6 Å². The Morgan fingerprint density at radius 2 is 2.33 bits per heavy atom. The SMILES string of the molecule is CCOc1cccc([N+](=O)[O-])c1C(=O)N1CCC[C@H](O)C1. The van der Waals surface area contributed by atoms with Gasteiger partial charge in [-0.05, 0) is 25.8 Å². The van der Waals surface area contributed by atoms with Crippen LogP contribution in [0.3, 0.4) is 0 Å². The van der Waals surface area contributed by atoms with Crippen LogP contribution in [0.5, 0.6) is 5.75 Å². The van der Waals surface area contributed by atoms with Crippen LogP contribution in [0, 0.1) is 10.1 Å². The molecule has 2 rings (SSSR count). The minimum Gasteiger partial charge on any atom is -0.493 e. The largest absolute Gasteiger partial charge is 0.493 e. The lowest BCUT2D eigenvalue weighted by Gasteiger charge is -2.30. The van der Waals surface area contributed by atoms with Gasteiger partial charge in [-0.1, -0.05) is 6.07 Å². The molecule has 1 aliphatic heterocycles. The number of hydrogen-bond donors (Lipinski definition) is 1. The predicted octanol–water partition coefficient (Wildman–Crippen LogP) is 1.59. The average Bonchev–Trinajstić information content (AvgIpc) is 2.46. The van der Waals surface area contributed by atoms with E-state index in [1.807, 2.05) is 0 Å². The number of hydrogen-bond acceptors (Lipinski definition) is 5. The molecule has 0 spiro atoms. The summed E-state index contributed by atoms with van der Waals surface area (Å²) in [6.07, 6.45) is 0.734. The van der Waals surface area contributed by atoms with E-state index in [2.05, 4.69) is 0 Å². The zero-order chi connectivity index (χ0) is 15.4. The van der Waals surface area contributed by atoms with Gasteiger partial charge >= 0.3 is 0 Å². The summed E-state index contributed by atoms with van der Waals surface area (Å²) in [5.41, 5.74) is -0.315. The number of β-amino-alcohol motifs (C(OH)–C–C–N with tert-alkyl or cyclic N) is 1. The van der Waals surface area contributed by atoms with Crippen LogP contribution in [-0.2, 0) is 0 Å². The molecule has 7 heteroatoms. The average molecular weight is 294 g/mol. The minimum absolute atomic E-state index is 0.0431. The van der Waals surface area contributed by atoms with Gasteiger partial charge < -0.3 is 14.7 Å². The van der Waals surface area contributed by atoms with Gasteiger partial charge in [0.25, 0.3) is 11.6 Å². The van der Waals surface area contributed by atoms with E-state index in [1.54, 1.807) is 13.0 Å². The molecule has 1 aromatic carbocycles. The third-order valence-electron chi connectivity index (χ3n) is 3.40. The highest BCUT2D eigenvalue weighted by molar-refractivity contribution is 6.01. The van der Waals surface area contributed by atoms with Crippen LogP contribution >= 0.6 is 0 Å². The van der Waals surface area contributed by atoms with Crippen LogP contribution < -0.4 is 4.74 Å². The molecule has 1 saturated heterocycles. The standard InChI is InChI=1S/C14H18N2O5/c1-2-21-12-7-3-6-11(16(19)20)13(12)14(18)15-8-4-5-10(17)9-15/h3,6-7,10,17H,2,4-5,8-9H2,1H3/t10-/m0/s1. The van der Waals surface area contributed by atoms with Gasteiger partial charge in [0.1, 0.15) is 5.75 Å². The van der Waals surface area contributed by atoms with Crippen molar-refractivity contribution in [3.05, 3.63) is 33.9 Å². The van der Waals surface area contributed by atoms with Gasteiger partial charge in [-0.15, -0.1) is 0 Å². The molecule has 0 saturated carbocycles. The number of nitrogens with zero attached hydrogens (tertiary/aromatic N) is 2. The number of rotatable bonds is 4. The summed E-state index contributed by atoms with van der Waals surface area (Å²) in [5, 5.41) is 20.8. The Bertz CT molecular complexity index is 546. The molecule has 21 heavy (non-hydrogen) atoms. The zero-order valence-corrected chi connectivity index (χ0v) is 11.8. The van der Waals surface area contributed by atoms with Crippen molar-refractivity contribution in [3.63, 3.8) is 0 Å². The van der Waals surface area contributed by atoms with Crippen molar-refractivity contribution < 1.29 is 19.6 Å². The van der Waals surface area contributed by atoms with Crippen LogP contribution in [0.15, 0.2) is 18.2 Å². The predicted molar refractivity (Wildman–Crippen MR) is 75.4 cm³/mol. The minimum atomic E-state index is -0.587. The van der Waals surface area contributed by atoms with Crippen molar-refractivity contribution in [2.24, 2.45) is 0 Å². The molecular formula is C14H18N2O5. The molecule has 0 bridgehead atoms. The lowest BCUT2D eigenvalue weighted by Crippen LogP contribution is -2.42. The van der Waals surface area contributed by atoms with Crippen molar-refractivity contribution in [2.75, 3.05) is 19.7 Å². The van der Waals surface area contributed by atoms with Crippen molar-refractivity contribution in [3.8, 4) is 5.75 Å². The number of carbonyl (C=O) groups excluding carboxylic acids is 1. The molecular weight excluding hydrogens is 276 g/mol. The van der Waals surface area contributed by atoms with Gasteiger partial charge in [0.2, 0.25) is 0 Å². The Balaban J connectivity index is 2.39. The van der Waals surface area contributed by atoms with Gasteiger partial charge in [-0.3, -0.25) is 14.9 Å². The van der Waals surface area contributed by atoms with Crippen LogP contribution in [-0.4, -0.2) is 46.6 Å². The number of nitro benzene ring substituents is 1. The van der Waals surface area contributed by atoms with Crippen molar-refractivity contribution in [1.29, 1.82) is 0 Å². The monoisotopic (exact) mass is 294 g/mol. The number of aliphatic hydroxyl groups is 1. The molecule has 1 fully saturated rings.